The number of benzene rings is 1. The van der Waals surface area contributed by atoms with Gasteiger partial charge >= 0.3 is 0 Å². The lowest BCUT2D eigenvalue weighted by atomic mass is 10.1. The quantitative estimate of drug-likeness (QED) is 0.836. The van der Waals surface area contributed by atoms with Crippen LogP contribution < -0.4 is 5.73 Å². The molecule has 0 aliphatic carbocycles. The van der Waals surface area contributed by atoms with Gasteiger partial charge in [-0.3, -0.25) is 0 Å². The van der Waals surface area contributed by atoms with Gasteiger partial charge in [0.2, 0.25) is 0 Å². The van der Waals surface area contributed by atoms with E-state index in [0.717, 1.165) is 17.5 Å². The maximum Gasteiger partial charge on any atom is 0.123 e. The van der Waals surface area contributed by atoms with Gasteiger partial charge in [0.1, 0.15) is 5.82 Å². The summed E-state index contributed by atoms with van der Waals surface area (Å²) >= 11 is 0. The Bertz CT molecular complexity index is 350. The number of hydrogen-bond acceptors (Lipinski definition) is 2. The van der Waals surface area contributed by atoms with Gasteiger partial charge in [-0.1, -0.05) is 13.0 Å². The van der Waals surface area contributed by atoms with Crippen molar-refractivity contribution >= 4 is 0 Å². The Morgan fingerprint density at radius 3 is 2.56 bits per heavy atom. The normalized spacial score (nSPS) is 11.8. The molecule has 0 unspecified atom stereocenters. The first-order chi connectivity index (χ1) is 7.48. The minimum Gasteiger partial charge on any atom is -0.371 e. The summed E-state index contributed by atoms with van der Waals surface area (Å²) in [6.07, 6.45) is 0.937. The van der Waals surface area contributed by atoms with Crippen molar-refractivity contribution in [2.75, 3.05) is 0 Å². The summed E-state index contributed by atoms with van der Waals surface area (Å²) in [5, 5.41) is 0. The molecule has 2 nitrogen and oxygen atoms in total. The molecule has 90 valence electrons. The number of hydrogen-bond donors (Lipinski definition) is 1. The Balaban J connectivity index is 2.74. The number of nitrogens with two attached hydrogens (primary N) is 1. The maximum atomic E-state index is 13.0. The van der Waals surface area contributed by atoms with E-state index in [-0.39, 0.29) is 11.4 Å². The van der Waals surface area contributed by atoms with Crippen molar-refractivity contribution in [1.82, 2.24) is 0 Å². The SMILES string of the molecule is CCC(C)(C)OCc1ccc(F)cc1CN. The van der Waals surface area contributed by atoms with E-state index in [9.17, 15) is 4.39 Å². The molecular weight excluding hydrogens is 205 g/mol. The fourth-order valence-electron chi connectivity index (χ4n) is 1.30. The maximum absolute atomic E-state index is 13.0. The molecule has 0 spiro atoms. The van der Waals surface area contributed by atoms with Crippen molar-refractivity contribution in [1.29, 1.82) is 0 Å². The molecule has 0 radical (unpaired) electrons. The number of ether oxygens (including phenoxy) is 1. The Morgan fingerprint density at radius 1 is 1.31 bits per heavy atom. The van der Waals surface area contributed by atoms with Gasteiger partial charge in [-0.15, -0.1) is 0 Å². The summed E-state index contributed by atoms with van der Waals surface area (Å²) in [4.78, 5) is 0. The van der Waals surface area contributed by atoms with E-state index in [2.05, 4.69) is 6.92 Å². The second kappa shape index (κ2) is 5.41. The van der Waals surface area contributed by atoms with E-state index >= 15 is 0 Å². The molecule has 0 atom stereocenters. The summed E-state index contributed by atoms with van der Waals surface area (Å²) in [6.45, 7) is 6.97. The molecular formula is C13H20FNO. The molecule has 0 amide bonds. The Morgan fingerprint density at radius 2 is 2.00 bits per heavy atom. The van der Waals surface area contributed by atoms with E-state index in [1.165, 1.54) is 12.1 Å². The molecule has 0 aliphatic heterocycles. The van der Waals surface area contributed by atoms with Gasteiger partial charge in [-0.2, -0.15) is 0 Å². The van der Waals surface area contributed by atoms with Crippen LogP contribution in [-0.2, 0) is 17.9 Å². The average molecular weight is 225 g/mol. The highest BCUT2D eigenvalue weighted by atomic mass is 19.1. The van der Waals surface area contributed by atoms with Crippen LogP contribution in [0.4, 0.5) is 4.39 Å². The highest BCUT2D eigenvalue weighted by Gasteiger charge is 2.16. The molecule has 1 aromatic carbocycles. The van der Waals surface area contributed by atoms with Crippen LogP contribution in [0, 0.1) is 5.82 Å². The van der Waals surface area contributed by atoms with Crippen molar-refractivity contribution in [3.05, 3.63) is 35.1 Å². The molecule has 0 aliphatic rings. The van der Waals surface area contributed by atoms with Crippen molar-refractivity contribution < 1.29 is 9.13 Å². The van der Waals surface area contributed by atoms with Gasteiger partial charge in [0, 0.05) is 6.54 Å². The largest absolute Gasteiger partial charge is 0.371 e. The van der Waals surface area contributed by atoms with Gasteiger partial charge in [-0.05, 0) is 43.5 Å². The van der Waals surface area contributed by atoms with Crippen molar-refractivity contribution in [3.63, 3.8) is 0 Å². The number of rotatable bonds is 5. The summed E-state index contributed by atoms with van der Waals surface area (Å²) < 4.78 is 18.7. The molecule has 2 N–H and O–H groups in total. The molecule has 0 saturated heterocycles. The number of halogens is 1. The van der Waals surface area contributed by atoms with Crippen molar-refractivity contribution in [3.8, 4) is 0 Å². The third-order valence-electron chi connectivity index (χ3n) is 2.86. The second-order valence-electron chi connectivity index (χ2n) is 4.52. The molecule has 0 bridgehead atoms. The van der Waals surface area contributed by atoms with Crippen molar-refractivity contribution in [2.45, 2.75) is 45.9 Å². The second-order valence-corrected chi connectivity index (χ2v) is 4.52. The Labute approximate surface area is 96.6 Å². The standard InChI is InChI=1S/C13H20FNO/c1-4-13(2,3)16-9-10-5-6-12(14)7-11(10)8-15/h5-7H,4,8-9,15H2,1-3H3. The highest BCUT2D eigenvalue weighted by Crippen LogP contribution is 2.19. The molecule has 0 saturated carbocycles. The van der Waals surface area contributed by atoms with Crippen molar-refractivity contribution in [2.24, 2.45) is 5.73 Å². The van der Waals surface area contributed by atoms with E-state index < -0.39 is 0 Å². The minimum atomic E-state index is -0.251. The van der Waals surface area contributed by atoms with Gasteiger partial charge < -0.3 is 10.5 Å². The van der Waals surface area contributed by atoms with E-state index in [1.807, 2.05) is 13.8 Å². The zero-order valence-corrected chi connectivity index (χ0v) is 10.2. The van der Waals surface area contributed by atoms with Crippen LogP contribution in [0.25, 0.3) is 0 Å². The molecule has 3 heteroatoms. The Hall–Kier alpha value is -0.930. The lowest BCUT2D eigenvalue weighted by Gasteiger charge is -2.24. The highest BCUT2D eigenvalue weighted by molar-refractivity contribution is 5.27. The predicted octanol–water partition coefficient (Wildman–Crippen LogP) is 2.99. The van der Waals surface area contributed by atoms with Gasteiger partial charge in [-0.25, -0.2) is 4.39 Å². The molecule has 0 fully saturated rings. The first-order valence-corrected chi connectivity index (χ1v) is 5.60. The fourth-order valence-corrected chi connectivity index (χ4v) is 1.30. The predicted molar refractivity (Wildman–Crippen MR) is 63.5 cm³/mol. The molecule has 1 rings (SSSR count). The molecule has 1 aromatic rings. The first kappa shape index (κ1) is 13.1. The monoisotopic (exact) mass is 225 g/mol. The molecule has 0 aromatic heterocycles. The zero-order valence-electron chi connectivity index (χ0n) is 10.2. The van der Waals surface area contributed by atoms with Crippen LogP contribution in [0.3, 0.4) is 0 Å². The van der Waals surface area contributed by atoms with Gasteiger partial charge in [0.05, 0.1) is 12.2 Å². The lowest BCUT2D eigenvalue weighted by molar-refractivity contribution is -0.0319. The smallest absolute Gasteiger partial charge is 0.123 e. The molecule has 16 heavy (non-hydrogen) atoms. The lowest BCUT2D eigenvalue weighted by Crippen LogP contribution is -2.23. The van der Waals surface area contributed by atoms with Crippen LogP contribution in [-0.4, -0.2) is 5.60 Å². The first-order valence-electron chi connectivity index (χ1n) is 5.60. The van der Waals surface area contributed by atoms with E-state index in [4.69, 9.17) is 10.5 Å². The zero-order chi connectivity index (χ0) is 12.2. The average Bonchev–Trinajstić information content (AvgIpc) is 2.27. The van der Waals surface area contributed by atoms with E-state index in [0.29, 0.717) is 13.2 Å². The summed E-state index contributed by atoms with van der Waals surface area (Å²) in [7, 11) is 0. The third kappa shape index (κ3) is 3.58. The third-order valence-corrected chi connectivity index (χ3v) is 2.86. The van der Waals surface area contributed by atoms with Crippen LogP contribution in [0.5, 0.6) is 0 Å². The van der Waals surface area contributed by atoms with Gasteiger partial charge in [0.25, 0.3) is 0 Å². The van der Waals surface area contributed by atoms with Gasteiger partial charge in [0.15, 0.2) is 0 Å². The topological polar surface area (TPSA) is 35.2 Å². The summed E-state index contributed by atoms with van der Waals surface area (Å²) in [5.41, 5.74) is 7.19. The van der Waals surface area contributed by atoms with Crippen LogP contribution in [0.15, 0.2) is 18.2 Å². The van der Waals surface area contributed by atoms with Crippen LogP contribution in [0.1, 0.15) is 38.3 Å². The summed E-state index contributed by atoms with van der Waals surface area (Å²) in [5.74, 6) is -0.251. The van der Waals surface area contributed by atoms with E-state index in [1.54, 1.807) is 6.07 Å². The molecule has 0 heterocycles. The minimum absolute atomic E-state index is 0.153. The van der Waals surface area contributed by atoms with Crippen LogP contribution >= 0.6 is 0 Å². The Kier molecular flexibility index (Phi) is 4.44. The summed E-state index contributed by atoms with van der Waals surface area (Å²) in [6, 6.07) is 4.65. The van der Waals surface area contributed by atoms with Crippen LogP contribution in [0.2, 0.25) is 0 Å². The fraction of sp³-hybridized carbons (Fsp3) is 0.538.